The zero-order chi connectivity index (χ0) is 20.2. The fraction of sp³-hybridized carbons (Fsp3) is 0.455. The molecule has 0 bridgehead atoms. The van der Waals surface area contributed by atoms with E-state index in [0.29, 0.717) is 35.1 Å². The minimum absolute atomic E-state index is 0. The quantitative estimate of drug-likeness (QED) is 0.149. The molecule has 0 aliphatic carbocycles. The number of thiol groups is 2. The summed E-state index contributed by atoms with van der Waals surface area (Å²) in [6.45, 7) is 3.10. The smallest absolute Gasteiger partial charge is 0.120 e. The predicted molar refractivity (Wildman–Crippen MR) is 124 cm³/mol. The number of aromatic hydroxyl groups is 2. The average molecular weight is 479 g/mol. The molecule has 0 amide bonds. The molecular formula is C22H32N2NiO2S2. The van der Waals surface area contributed by atoms with Gasteiger partial charge in [-0.25, -0.2) is 0 Å². The number of para-hydroxylation sites is 2. The molecule has 0 fully saturated rings. The van der Waals surface area contributed by atoms with Gasteiger partial charge in [0.1, 0.15) is 11.5 Å². The third-order valence-corrected chi connectivity index (χ3v) is 5.79. The van der Waals surface area contributed by atoms with Gasteiger partial charge in [-0.1, -0.05) is 36.4 Å². The Kier molecular flexibility index (Phi) is 13.6. The molecule has 2 rings (SSSR count). The maximum atomic E-state index is 9.75. The van der Waals surface area contributed by atoms with Crippen LogP contribution in [0.3, 0.4) is 0 Å². The summed E-state index contributed by atoms with van der Waals surface area (Å²) < 4.78 is 0. The van der Waals surface area contributed by atoms with E-state index in [4.69, 9.17) is 0 Å². The number of benzene rings is 2. The van der Waals surface area contributed by atoms with E-state index >= 15 is 0 Å². The summed E-state index contributed by atoms with van der Waals surface area (Å²) in [6.07, 6.45) is 4.05. The largest absolute Gasteiger partial charge is 0.508 e. The van der Waals surface area contributed by atoms with Crippen molar-refractivity contribution in [2.45, 2.75) is 49.3 Å². The fourth-order valence-corrected chi connectivity index (χ4v) is 3.53. The number of hydrogen-bond donors (Lipinski definition) is 6. The van der Waals surface area contributed by atoms with Gasteiger partial charge in [-0.2, -0.15) is 25.3 Å². The maximum absolute atomic E-state index is 9.75. The molecule has 4 nitrogen and oxygen atoms in total. The van der Waals surface area contributed by atoms with Gasteiger partial charge in [0.2, 0.25) is 0 Å². The Bertz CT molecular complexity index is 647. The van der Waals surface area contributed by atoms with Gasteiger partial charge in [0.05, 0.1) is 0 Å². The van der Waals surface area contributed by atoms with E-state index < -0.39 is 0 Å². The van der Waals surface area contributed by atoms with E-state index in [9.17, 15) is 10.2 Å². The summed E-state index contributed by atoms with van der Waals surface area (Å²) >= 11 is 9.37. The van der Waals surface area contributed by atoms with Crippen molar-refractivity contribution in [3.05, 3.63) is 59.7 Å². The van der Waals surface area contributed by atoms with Crippen LogP contribution in [0.15, 0.2) is 48.5 Å². The normalized spacial score (nSPS) is 12.9. The molecule has 0 heterocycles. The monoisotopic (exact) mass is 478 g/mol. The van der Waals surface area contributed by atoms with Gasteiger partial charge in [0, 0.05) is 51.2 Å². The van der Waals surface area contributed by atoms with E-state index in [0.717, 1.165) is 49.9 Å². The Morgan fingerprint density at radius 2 is 1.03 bits per heavy atom. The zero-order valence-corrected chi connectivity index (χ0v) is 19.3. The van der Waals surface area contributed by atoms with Crippen LogP contribution in [0.2, 0.25) is 0 Å². The van der Waals surface area contributed by atoms with Crippen LogP contribution < -0.4 is 10.6 Å². The second-order valence-electron chi connectivity index (χ2n) is 7.07. The number of phenols is 2. The molecule has 0 saturated carbocycles. The third kappa shape index (κ3) is 10.7. The molecular weight excluding hydrogens is 447 g/mol. The molecule has 2 aromatic rings. The Balaban J connectivity index is 0.00000420. The Hall–Kier alpha value is -0.846. The minimum Gasteiger partial charge on any atom is -0.508 e. The van der Waals surface area contributed by atoms with Gasteiger partial charge < -0.3 is 20.8 Å². The van der Waals surface area contributed by atoms with Crippen LogP contribution >= 0.6 is 25.3 Å². The summed E-state index contributed by atoms with van der Waals surface area (Å²) in [5.74, 6) is 0.679. The van der Waals surface area contributed by atoms with Crippen LogP contribution in [-0.4, -0.2) is 33.8 Å². The SMILES string of the molecule is Oc1ccccc1CNCCC(S)CCC(S)CCNCc1ccccc1O.[Ni]. The second-order valence-corrected chi connectivity index (χ2v) is 8.53. The first-order chi connectivity index (χ1) is 13.6. The number of phenolic OH excluding ortho intramolecular Hbond substituents is 2. The Morgan fingerprint density at radius 1 is 0.655 bits per heavy atom. The number of hydrogen-bond acceptors (Lipinski definition) is 6. The van der Waals surface area contributed by atoms with Crippen LogP contribution in [0.1, 0.15) is 36.8 Å². The molecule has 4 N–H and O–H groups in total. The first kappa shape index (κ1) is 26.2. The van der Waals surface area contributed by atoms with Gasteiger partial charge in [-0.05, 0) is 50.9 Å². The molecule has 29 heavy (non-hydrogen) atoms. The van der Waals surface area contributed by atoms with Crippen molar-refractivity contribution >= 4 is 25.3 Å². The van der Waals surface area contributed by atoms with E-state index in [-0.39, 0.29) is 16.5 Å². The summed E-state index contributed by atoms with van der Waals surface area (Å²) in [5.41, 5.74) is 1.84. The first-order valence-corrected chi connectivity index (χ1v) is 10.9. The third-order valence-electron chi connectivity index (χ3n) is 4.76. The summed E-state index contributed by atoms with van der Waals surface area (Å²) in [4.78, 5) is 0. The van der Waals surface area contributed by atoms with Crippen molar-refractivity contribution < 1.29 is 26.7 Å². The van der Waals surface area contributed by atoms with Crippen molar-refractivity contribution in [3.63, 3.8) is 0 Å². The average Bonchev–Trinajstić information content (AvgIpc) is 2.69. The Labute approximate surface area is 195 Å². The van der Waals surface area contributed by atoms with E-state index in [1.54, 1.807) is 12.1 Å². The molecule has 2 unspecified atom stereocenters. The molecule has 0 aliphatic heterocycles. The van der Waals surface area contributed by atoms with E-state index in [1.807, 2.05) is 36.4 Å². The predicted octanol–water partition coefficient (Wildman–Crippen LogP) is 4.13. The molecule has 0 spiro atoms. The fourth-order valence-electron chi connectivity index (χ4n) is 2.98. The minimum atomic E-state index is 0. The number of rotatable bonds is 13. The summed E-state index contributed by atoms with van der Waals surface area (Å²) in [6, 6.07) is 14.8. The molecule has 164 valence electrons. The van der Waals surface area contributed by atoms with Gasteiger partial charge in [0.15, 0.2) is 0 Å². The van der Waals surface area contributed by atoms with Crippen molar-refractivity contribution in [1.29, 1.82) is 0 Å². The van der Waals surface area contributed by atoms with Gasteiger partial charge >= 0.3 is 0 Å². The van der Waals surface area contributed by atoms with Gasteiger partial charge in [-0.3, -0.25) is 0 Å². The molecule has 0 aliphatic rings. The standard InChI is InChI=1S/C22H32N2O2S2.Ni/c25-21-7-3-1-5-17(21)15-23-13-11-19(27)9-10-20(28)12-14-24-16-18-6-2-4-8-22(18)26;/h1-8,19-20,23-28H,9-16H2;. The molecule has 7 heteroatoms. The molecule has 2 atom stereocenters. The van der Waals surface area contributed by atoms with Gasteiger partial charge in [-0.15, -0.1) is 0 Å². The summed E-state index contributed by atoms with van der Waals surface area (Å²) in [5, 5.41) is 26.9. The van der Waals surface area contributed by atoms with Crippen molar-refractivity contribution in [2.75, 3.05) is 13.1 Å². The molecule has 0 aromatic heterocycles. The van der Waals surface area contributed by atoms with Crippen molar-refractivity contribution in [2.24, 2.45) is 0 Å². The molecule has 0 radical (unpaired) electrons. The first-order valence-electron chi connectivity index (χ1n) is 9.87. The zero-order valence-electron chi connectivity index (χ0n) is 16.5. The van der Waals surface area contributed by atoms with Crippen molar-refractivity contribution in [3.8, 4) is 11.5 Å². The van der Waals surface area contributed by atoms with Crippen LogP contribution in [0.25, 0.3) is 0 Å². The van der Waals surface area contributed by atoms with Crippen LogP contribution in [-0.2, 0) is 29.6 Å². The second kappa shape index (κ2) is 15.0. The maximum Gasteiger partial charge on any atom is 0.120 e. The Morgan fingerprint density at radius 3 is 1.41 bits per heavy atom. The topological polar surface area (TPSA) is 64.5 Å². The number of nitrogens with one attached hydrogen (secondary N) is 2. The summed E-state index contributed by atoms with van der Waals surface area (Å²) in [7, 11) is 0. The van der Waals surface area contributed by atoms with E-state index in [2.05, 4.69) is 35.9 Å². The van der Waals surface area contributed by atoms with Crippen LogP contribution in [0.4, 0.5) is 0 Å². The van der Waals surface area contributed by atoms with Crippen LogP contribution in [0, 0.1) is 0 Å². The van der Waals surface area contributed by atoms with Gasteiger partial charge in [0.25, 0.3) is 0 Å². The molecule has 2 aromatic carbocycles. The molecule has 0 saturated heterocycles. The van der Waals surface area contributed by atoms with Crippen molar-refractivity contribution in [1.82, 2.24) is 10.6 Å². The van der Waals surface area contributed by atoms with Crippen LogP contribution in [0.5, 0.6) is 11.5 Å². The van der Waals surface area contributed by atoms with E-state index in [1.165, 1.54) is 0 Å².